The van der Waals surface area contributed by atoms with Gasteiger partial charge in [-0.25, -0.2) is 0 Å². The first kappa shape index (κ1) is 10.6. The van der Waals surface area contributed by atoms with Crippen molar-refractivity contribution in [2.45, 2.75) is 19.8 Å². The summed E-state index contributed by atoms with van der Waals surface area (Å²) in [6.45, 7) is 3.91. The maximum atomic E-state index is 9.42. The van der Waals surface area contributed by atoms with E-state index < -0.39 is 0 Å². The predicted octanol–water partition coefficient (Wildman–Crippen LogP) is 3.23. The first-order valence-electron chi connectivity index (χ1n) is 4.65. The average Bonchev–Trinajstić information content (AvgIpc) is 2.27. The van der Waals surface area contributed by atoms with Gasteiger partial charge in [-0.1, -0.05) is 37.3 Å². The fourth-order valence-corrected chi connectivity index (χ4v) is 1.34. The summed E-state index contributed by atoms with van der Waals surface area (Å²) in [5, 5.41) is 9.42. The van der Waals surface area contributed by atoms with Gasteiger partial charge < -0.3 is 9.84 Å². The Morgan fingerprint density at radius 2 is 1.86 bits per heavy atom. The molecule has 0 saturated carbocycles. The number of rotatable bonds is 3. The quantitative estimate of drug-likeness (QED) is 0.745. The van der Waals surface area contributed by atoms with Crippen LogP contribution < -0.4 is 0 Å². The Labute approximate surface area is 84.8 Å². The molecular weight excluding hydrogens is 176 g/mol. The van der Waals surface area contributed by atoms with Crippen LogP contribution in [0.2, 0.25) is 0 Å². The van der Waals surface area contributed by atoms with Crippen LogP contribution in [0.5, 0.6) is 0 Å². The van der Waals surface area contributed by atoms with Gasteiger partial charge in [0.25, 0.3) is 5.95 Å². The summed E-state index contributed by atoms with van der Waals surface area (Å²) in [6.07, 6.45) is 0. The van der Waals surface area contributed by atoms with Gasteiger partial charge in [-0.15, -0.1) is 0 Å². The van der Waals surface area contributed by atoms with E-state index in [-0.39, 0.29) is 11.9 Å². The predicted molar refractivity (Wildman–Crippen MR) is 57.2 cm³/mol. The summed E-state index contributed by atoms with van der Waals surface area (Å²) < 4.78 is 4.79. The maximum absolute atomic E-state index is 9.42. The highest BCUT2D eigenvalue weighted by Gasteiger charge is 2.11. The SMILES string of the molecule is CO/C(O)=C(\C)C(C)c1ccccc1. The second-order valence-electron chi connectivity index (χ2n) is 3.32. The van der Waals surface area contributed by atoms with E-state index in [1.807, 2.05) is 44.2 Å². The van der Waals surface area contributed by atoms with Crippen molar-refractivity contribution in [3.05, 3.63) is 47.4 Å². The minimum absolute atomic E-state index is 0.0151. The molecule has 1 N–H and O–H groups in total. The topological polar surface area (TPSA) is 29.5 Å². The molecule has 2 heteroatoms. The molecule has 1 aromatic carbocycles. The van der Waals surface area contributed by atoms with Crippen molar-refractivity contribution in [3.63, 3.8) is 0 Å². The minimum atomic E-state index is 0.0151. The highest BCUT2D eigenvalue weighted by Crippen LogP contribution is 2.24. The lowest BCUT2D eigenvalue weighted by Crippen LogP contribution is -2.00. The molecule has 0 aliphatic rings. The molecule has 0 amide bonds. The van der Waals surface area contributed by atoms with Gasteiger partial charge in [-0.3, -0.25) is 0 Å². The van der Waals surface area contributed by atoms with Crippen LogP contribution in [0.4, 0.5) is 0 Å². The monoisotopic (exact) mass is 192 g/mol. The van der Waals surface area contributed by atoms with Gasteiger partial charge in [-0.2, -0.15) is 0 Å². The second-order valence-corrected chi connectivity index (χ2v) is 3.32. The van der Waals surface area contributed by atoms with E-state index >= 15 is 0 Å². The highest BCUT2D eigenvalue weighted by molar-refractivity contribution is 5.27. The Morgan fingerprint density at radius 3 is 2.36 bits per heavy atom. The zero-order chi connectivity index (χ0) is 10.6. The molecule has 0 fully saturated rings. The van der Waals surface area contributed by atoms with Crippen LogP contribution in [0.25, 0.3) is 0 Å². The molecule has 0 aliphatic carbocycles. The lowest BCUT2D eigenvalue weighted by atomic mass is 9.94. The number of benzene rings is 1. The van der Waals surface area contributed by atoms with Gasteiger partial charge in [-0.05, 0) is 12.5 Å². The smallest absolute Gasteiger partial charge is 0.275 e. The van der Waals surface area contributed by atoms with Gasteiger partial charge in [0.15, 0.2) is 0 Å². The van der Waals surface area contributed by atoms with Crippen molar-refractivity contribution < 1.29 is 9.84 Å². The average molecular weight is 192 g/mol. The van der Waals surface area contributed by atoms with Gasteiger partial charge in [0.1, 0.15) is 0 Å². The summed E-state index contributed by atoms with van der Waals surface area (Å²) in [5.74, 6) is 0.192. The summed E-state index contributed by atoms with van der Waals surface area (Å²) >= 11 is 0. The van der Waals surface area contributed by atoms with E-state index in [0.717, 1.165) is 5.57 Å². The lowest BCUT2D eigenvalue weighted by Gasteiger charge is -2.13. The Bertz CT molecular complexity index is 314. The molecule has 0 saturated heterocycles. The van der Waals surface area contributed by atoms with Crippen LogP contribution in [-0.4, -0.2) is 12.2 Å². The van der Waals surface area contributed by atoms with Gasteiger partial charge in [0.2, 0.25) is 0 Å². The van der Waals surface area contributed by atoms with Crippen molar-refractivity contribution in [2.24, 2.45) is 0 Å². The third kappa shape index (κ3) is 2.28. The maximum Gasteiger partial charge on any atom is 0.275 e. The second kappa shape index (κ2) is 4.70. The molecule has 0 spiro atoms. The number of hydrogen-bond donors (Lipinski definition) is 1. The Balaban J connectivity index is 2.91. The van der Waals surface area contributed by atoms with Crippen LogP contribution in [0.3, 0.4) is 0 Å². The number of hydrogen-bond acceptors (Lipinski definition) is 2. The number of aliphatic hydroxyl groups excluding tert-OH is 1. The van der Waals surface area contributed by atoms with Crippen LogP contribution in [0.15, 0.2) is 41.9 Å². The lowest BCUT2D eigenvalue weighted by molar-refractivity contribution is 0.129. The van der Waals surface area contributed by atoms with Crippen molar-refractivity contribution in [2.75, 3.05) is 7.11 Å². The minimum Gasteiger partial charge on any atom is -0.481 e. The Kier molecular flexibility index (Phi) is 3.57. The molecule has 1 atom stereocenters. The Morgan fingerprint density at radius 1 is 1.29 bits per heavy atom. The van der Waals surface area contributed by atoms with E-state index in [9.17, 15) is 5.11 Å². The van der Waals surface area contributed by atoms with Crippen molar-refractivity contribution in [3.8, 4) is 0 Å². The standard InChI is InChI=1S/C12H16O2/c1-9(10(2)12(13)14-3)11-7-5-4-6-8-11/h4-9,13H,1-3H3/b12-10+. The van der Waals surface area contributed by atoms with Crippen LogP contribution in [0.1, 0.15) is 25.3 Å². The van der Waals surface area contributed by atoms with E-state index in [4.69, 9.17) is 4.74 Å². The molecule has 1 aromatic rings. The van der Waals surface area contributed by atoms with Gasteiger partial charge in [0, 0.05) is 11.5 Å². The highest BCUT2D eigenvalue weighted by atomic mass is 16.6. The molecule has 1 rings (SSSR count). The first-order chi connectivity index (χ1) is 6.66. The molecule has 0 aliphatic heterocycles. The van der Waals surface area contributed by atoms with Crippen LogP contribution >= 0.6 is 0 Å². The molecule has 0 radical (unpaired) electrons. The van der Waals surface area contributed by atoms with Crippen molar-refractivity contribution in [1.82, 2.24) is 0 Å². The van der Waals surface area contributed by atoms with E-state index in [2.05, 4.69) is 0 Å². The number of aliphatic hydroxyl groups is 1. The third-order valence-electron chi connectivity index (χ3n) is 2.48. The number of allylic oxidation sites excluding steroid dienone is 1. The largest absolute Gasteiger partial charge is 0.481 e. The summed E-state index contributed by atoms with van der Waals surface area (Å²) in [5.41, 5.74) is 2.02. The van der Waals surface area contributed by atoms with Crippen LogP contribution in [-0.2, 0) is 4.74 Å². The van der Waals surface area contributed by atoms with Crippen molar-refractivity contribution >= 4 is 0 Å². The van der Waals surface area contributed by atoms with Crippen molar-refractivity contribution in [1.29, 1.82) is 0 Å². The fraction of sp³-hybridized carbons (Fsp3) is 0.333. The number of methoxy groups -OCH3 is 1. The van der Waals surface area contributed by atoms with Gasteiger partial charge in [0.05, 0.1) is 7.11 Å². The zero-order valence-electron chi connectivity index (χ0n) is 8.82. The Hall–Kier alpha value is -1.44. The van der Waals surface area contributed by atoms with E-state index in [1.54, 1.807) is 0 Å². The molecule has 1 unspecified atom stereocenters. The fourth-order valence-electron chi connectivity index (χ4n) is 1.34. The third-order valence-corrected chi connectivity index (χ3v) is 2.48. The van der Waals surface area contributed by atoms with Crippen LogP contribution in [0, 0.1) is 0 Å². The van der Waals surface area contributed by atoms with E-state index in [1.165, 1.54) is 12.7 Å². The summed E-state index contributed by atoms with van der Waals surface area (Å²) in [6, 6.07) is 10.0. The van der Waals surface area contributed by atoms with E-state index in [0.29, 0.717) is 0 Å². The molecule has 76 valence electrons. The molecule has 2 nitrogen and oxygen atoms in total. The summed E-state index contributed by atoms with van der Waals surface area (Å²) in [7, 11) is 1.47. The normalized spacial score (nSPS) is 14.5. The molecule has 0 aromatic heterocycles. The number of ether oxygens (including phenoxy) is 1. The summed E-state index contributed by atoms with van der Waals surface area (Å²) in [4.78, 5) is 0. The molecular formula is C12H16O2. The first-order valence-corrected chi connectivity index (χ1v) is 4.65. The molecule has 14 heavy (non-hydrogen) atoms. The zero-order valence-corrected chi connectivity index (χ0v) is 8.82. The van der Waals surface area contributed by atoms with Gasteiger partial charge >= 0.3 is 0 Å². The molecule has 0 heterocycles. The molecule has 0 bridgehead atoms.